The molecule has 0 nitrogen and oxygen atoms in total. The molecule has 32 heavy (non-hydrogen) atoms. The summed E-state index contributed by atoms with van der Waals surface area (Å²) >= 11 is 0. The molecule has 0 fully saturated rings. The lowest BCUT2D eigenvalue weighted by molar-refractivity contribution is 0.381. The second-order valence-electron chi connectivity index (χ2n) is 12.3. The number of hydrogen-bond acceptors (Lipinski definition) is 0. The Hall–Kier alpha value is -1.82. The van der Waals surface area contributed by atoms with Crippen LogP contribution in [0.5, 0.6) is 0 Å². The Morgan fingerprint density at radius 3 is 1.66 bits per heavy atom. The Bertz CT molecular complexity index is 881. The monoisotopic (exact) mass is 430 g/mol. The first-order valence-corrected chi connectivity index (χ1v) is 12.9. The van der Waals surface area contributed by atoms with Crippen molar-refractivity contribution in [2.75, 3.05) is 0 Å². The molecular weight excluding hydrogens is 384 g/mol. The Balaban J connectivity index is 2.13. The van der Waals surface area contributed by atoms with Crippen LogP contribution in [0.2, 0.25) is 0 Å². The SMILES string of the molecule is C=CC(CCCCCCC)C1(C)c2cc(C(C)(C)C)ccc2-c2ccc(C(C)(C)C)cc21. The minimum atomic E-state index is -0.0281. The van der Waals surface area contributed by atoms with Crippen molar-refractivity contribution < 1.29 is 0 Å². The van der Waals surface area contributed by atoms with Gasteiger partial charge in [-0.3, -0.25) is 0 Å². The van der Waals surface area contributed by atoms with Crippen LogP contribution in [-0.2, 0) is 16.2 Å². The van der Waals surface area contributed by atoms with Gasteiger partial charge in [-0.05, 0) is 56.5 Å². The maximum atomic E-state index is 4.35. The van der Waals surface area contributed by atoms with Crippen LogP contribution in [-0.4, -0.2) is 0 Å². The van der Waals surface area contributed by atoms with Gasteiger partial charge in [-0.1, -0.05) is 130 Å². The van der Waals surface area contributed by atoms with E-state index in [9.17, 15) is 0 Å². The van der Waals surface area contributed by atoms with Crippen LogP contribution in [0.3, 0.4) is 0 Å². The molecule has 1 aliphatic carbocycles. The first kappa shape index (κ1) is 24.8. The number of rotatable bonds is 8. The highest BCUT2D eigenvalue weighted by atomic mass is 14.5. The summed E-state index contributed by atoms with van der Waals surface area (Å²) in [6, 6.07) is 14.5. The molecule has 0 heteroatoms. The molecular formula is C32H46. The molecule has 2 aromatic carbocycles. The van der Waals surface area contributed by atoms with Crippen LogP contribution in [0.4, 0.5) is 0 Å². The summed E-state index contributed by atoms with van der Waals surface area (Å²) in [5.74, 6) is 0.439. The van der Waals surface area contributed by atoms with E-state index in [1.165, 1.54) is 71.9 Å². The quantitative estimate of drug-likeness (QED) is 0.289. The fraction of sp³-hybridized carbons (Fsp3) is 0.562. The second-order valence-corrected chi connectivity index (χ2v) is 12.3. The van der Waals surface area contributed by atoms with Gasteiger partial charge in [0.2, 0.25) is 0 Å². The standard InChI is InChI=1S/C32H46/c1-10-12-13-14-15-16-23(11-2)32(9)28-21-24(30(3,4)5)17-19-26(28)27-20-18-25(22-29(27)32)31(6,7)8/h11,17-23H,2,10,12-16H2,1,3-9H3. The maximum Gasteiger partial charge on any atom is 0.0249 e. The zero-order valence-electron chi connectivity index (χ0n) is 22.1. The predicted molar refractivity (Wildman–Crippen MR) is 143 cm³/mol. The Morgan fingerprint density at radius 1 is 0.781 bits per heavy atom. The number of unbranched alkanes of at least 4 members (excludes halogenated alkanes) is 4. The molecule has 0 amide bonds. The lowest BCUT2D eigenvalue weighted by atomic mass is 9.67. The van der Waals surface area contributed by atoms with Gasteiger partial charge >= 0.3 is 0 Å². The van der Waals surface area contributed by atoms with Gasteiger partial charge in [-0.25, -0.2) is 0 Å². The number of fused-ring (bicyclic) bond motifs is 3. The predicted octanol–water partition coefficient (Wildman–Crippen LogP) is 9.73. The molecule has 0 spiro atoms. The molecule has 1 atom stereocenters. The zero-order valence-corrected chi connectivity index (χ0v) is 22.1. The summed E-state index contributed by atoms with van der Waals surface area (Å²) in [5.41, 5.74) is 8.97. The average molecular weight is 431 g/mol. The third kappa shape index (κ3) is 4.61. The molecule has 3 rings (SSSR count). The van der Waals surface area contributed by atoms with Crippen molar-refractivity contribution in [3.63, 3.8) is 0 Å². The molecule has 0 N–H and O–H groups in total. The first-order valence-electron chi connectivity index (χ1n) is 12.9. The van der Waals surface area contributed by atoms with Gasteiger partial charge in [0.1, 0.15) is 0 Å². The van der Waals surface area contributed by atoms with Crippen molar-refractivity contribution in [2.45, 2.75) is 110 Å². The Morgan fingerprint density at radius 2 is 1.25 bits per heavy atom. The first-order chi connectivity index (χ1) is 14.9. The van der Waals surface area contributed by atoms with Crippen molar-refractivity contribution in [2.24, 2.45) is 5.92 Å². The van der Waals surface area contributed by atoms with E-state index in [0.717, 1.165) is 0 Å². The van der Waals surface area contributed by atoms with Gasteiger partial charge in [0.25, 0.3) is 0 Å². The number of allylic oxidation sites excluding steroid dienone is 1. The van der Waals surface area contributed by atoms with E-state index in [-0.39, 0.29) is 16.2 Å². The normalized spacial score (nSPS) is 15.9. The highest BCUT2D eigenvalue weighted by Crippen LogP contribution is 2.55. The highest BCUT2D eigenvalue weighted by Gasteiger charge is 2.44. The lowest BCUT2D eigenvalue weighted by Crippen LogP contribution is -2.31. The summed E-state index contributed by atoms with van der Waals surface area (Å²) in [6.45, 7) is 23.1. The molecule has 0 aromatic heterocycles. The summed E-state index contributed by atoms with van der Waals surface area (Å²) in [6.07, 6.45) is 10.1. The van der Waals surface area contributed by atoms with Crippen LogP contribution in [0.1, 0.15) is 116 Å². The van der Waals surface area contributed by atoms with Crippen molar-refractivity contribution in [1.29, 1.82) is 0 Å². The highest BCUT2D eigenvalue weighted by molar-refractivity contribution is 5.82. The summed E-state index contributed by atoms with van der Waals surface area (Å²) in [7, 11) is 0. The van der Waals surface area contributed by atoms with E-state index in [2.05, 4.69) is 104 Å². The van der Waals surface area contributed by atoms with Crippen molar-refractivity contribution in [1.82, 2.24) is 0 Å². The van der Waals surface area contributed by atoms with Gasteiger partial charge in [0.05, 0.1) is 0 Å². The van der Waals surface area contributed by atoms with E-state index in [0.29, 0.717) is 5.92 Å². The fourth-order valence-corrected chi connectivity index (χ4v) is 5.51. The van der Waals surface area contributed by atoms with Crippen LogP contribution in [0.25, 0.3) is 11.1 Å². The Labute approximate surface area is 198 Å². The molecule has 174 valence electrons. The molecule has 1 unspecified atom stereocenters. The average Bonchev–Trinajstić information content (AvgIpc) is 2.98. The van der Waals surface area contributed by atoms with Crippen molar-refractivity contribution in [3.8, 4) is 11.1 Å². The molecule has 0 saturated carbocycles. The van der Waals surface area contributed by atoms with Crippen molar-refractivity contribution >= 4 is 0 Å². The Kier molecular flexibility index (Phi) is 7.14. The third-order valence-corrected chi connectivity index (χ3v) is 7.83. The van der Waals surface area contributed by atoms with Gasteiger partial charge in [0.15, 0.2) is 0 Å². The molecule has 2 aromatic rings. The largest absolute Gasteiger partial charge is 0.103 e. The van der Waals surface area contributed by atoms with E-state index in [1.807, 2.05) is 0 Å². The topological polar surface area (TPSA) is 0 Å². The summed E-state index contributed by atoms with van der Waals surface area (Å²) in [4.78, 5) is 0. The zero-order chi connectivity index (χ0) is 23.7. The number of benzene rings is 2. The van der Waals surface area contributed by atoms with E-state index < -0.39 is 0 Å². The van der Waals surface area contributed by atoms with E-state index in [1.54, 1.807) is 0 Å². The molecule has 0 bridgehead atoms. The minimum Gasteiger partial charge on any atom is -0.103 e. The van der Waals surface area contributed by atoms with Crippen LogP contribution in [0.15, 0.2) is 49.1 Å². The van der Waals surface area contributed by atoms with Gasteiger partial charge < -0.3 is 0 Å². The molecule has 1 aliphatic rings. The van der Waals surface area contributed by atoms with Crippen LogP contribution in [0, 0.1) is 5.92 Å². The summed E-state index contributed by atoms with van der Waals surface area (Å²) in [5, 5.41) is 0. The van der Waals surface area contributed by atoms with E-state index >= 15 is 0 Å². The minimum absolute atomic E-state index is 0.0281. The number of hydrogen-bond donors (Lipinski definition) is 0. The molecule has 0 saturated heterocycles. The van der Waals surface area contributed by atoms with E-state index in [4.69, 9.17) is 0 Å². The molecule has 0 radical (unpaired) electrons. The van der Waals surface area contributed by atoms with Gasteiger partial charge in [-0.2, -0.15) is 0 Å². The van der Waals surface area contributed by atoms with Gasteiger partial charge in [0, 0.05) is 5.41 Å². The van der Waals surface area contributed by atoms with Crippen LogP contribution < -0.4 is 0 Å². The lowest BCUT2D eigenvalue weighted by Gasteiger charge is -2.36. The smallest absolute Gasteiger partial charge is 0.0249 e. The summed E-state index contributed by atoms with van der Waals surface area (Å²) < 4.78 is 0. The molecule has 0 heterocycles. The second kappa shape index (κ2) is 9.20. The fourth-order valence-electron chi connectivity index (χ4n) is 5.51. The van der Waals surface area contributed by atoms with Crippen molar-refractivity contribution in [3.05, 3.63) is 71.3 Å². The third-order valence-electron chi connectivity index (χ3n) is 7.83. The maximum absolute atomic E-state index is 4.35. The van der Waals surface area contributed by atoms with Gasteiger partial charge in [-0.15, -0.1) is 6.58 Å². The molecule has 0 aliphatic heterocycles. The van der Waals surface area contributed by atoms with Crippen LogP contribution >= 0.6 is 0 Å².